The van der Waals surface area contributed by atoms with E-state index < -0.39 is 0 Å². The molecule has 1 fully saturated rings. The second-order valence-electron chi connectivity index (χ2n) is 3.93. The van der Waals surface area contributed by atoms with Crippen molar-refractivity contribution >= 4 is 17.6 Å². The Morgan fingerprint density at radius 1 is 1.59 bits per heavy atom. The summed E-state index contributed by atoms with van der Waals surface area (Å²) in [6.45, 7) is 1.27. The number of nitrogen functional groups attached to an aromatic ring is 1. The highest BCUT2D eigenvalue weighted by molar-refractivity contribution is 7.99. The SMILES string of the molecule is COCc1nc(N)cc(SCC2CCCO2)n1. The first-order valence-corrected chi connectivity index (χ1v) is 6.63. The van der Waals surface area contributed by atoms with Crippen molar-refractivity contribution in [3.63, 3.8) is 0 Å². The van der Waals surface area contributed by atoms with Crippen LogP contribution in [0.3, 0.4) is 0 Å². The summed E-state index contributed by atoms with van der Waals surface area (Å²) in [5.41, 5.74) is 5.72. The third-order valence-corrected chi connectivity index (χ3v) is 3.53. The second kappa shape index (κ2) is 6.18. The standard InChI is InChI=1S/C11H17N3O2S/c1-15-6-10-13-9(12)5-11(14-10)17-7-8-3-2-4-16-8/h5,8H,2-4,6-7H2,1H3,(H2,12,13,14). The molecule has 94 valence electrons. The van der Waals surface area contributed by atoms with Gasteiger partial charge in [-0.3, -0.25) is 0 Å². The van der Waals surface area contributed by atoms with Gasteiger partial charge < -0.3 is 15.2 Å². The Balaban J connectivity index is 1.94. The zero-order chi connectivity index (χ0) is 12.1. The highest BCUT2D eigenvalue weighted by Gasteiger charge is 2.16. The summed E-state index contributed by atoms with van der Waals surface area (Å²) in [4.78, 5) is 8.48. The van der Waals surface area contributed by atoms with Crippen LogP contribution in [0.1, 0.15) is 18.7 Å². The van der Waals surface area contributed by atoms with Crippen molar-refractivity contribution in [1.82, 2.24) is 9.97 Å². The molecule has 1 aromatic rings. The van der Waals surface area contributed by atoms with Crippen molar-refractivity contribution in [2.75, 3.05) is 25.2 Å². The van der Waals surface area contributed by atoms with E-state index in [2.05, 4.69) is 9.97 Å². The van der Waals surface area contributed by atoms with Gasteiger partial charge in [0, 0.05) is 25.5 Å². The Hall–Kier alpha value is -0.850. The minimum absolute atomic E-state index is 0.349. The summed E-state index contributed by atoms with van der Waals surface area (Å²) in [5.74, 6) is 2.03. The van der Waals surface area contributed by atoms with Gasteiger partial charge in [-0.1, -0.05) is 0 Å². The summed E-state index contributed by atoms with van der Waals surface area (Å²) < 4.78 is 10.6. The molecule has 5 nitrogen and oxygen atoms in total. The zero-order valence-electron chi connectivity index (χ0n) is 9.89. The molecule has 1 unspecified atom stereocenters. The molecule has 2 rings (SSSR count). The van der Waals surface area contributed by atoms with Crippen molar-refractivity contribution in [3.8, 4) is 0 Å². The summed E-state index contributed by atoms with van der Waals surface area (Å²) in [7, 11) is 1.62. The van der Waals surface area contributed by atoms with E-state index in [4.69, 9.17) is 15.2 Å². The summed E-state index contributed by atoms with van der Waals surface area (Å²) in [6, 6.07) is 1.79. The lowest BCUT2D eigenvalue weighted by atomic mass is 10.3. The van der Waals surface area contributed by atoms with Gasteiger partial charge in [0.05, 0.1) is 6.10 Å². The number of ether oxygens (including phenoxy) is 2. The molecule has 0 radical (unpaired) electrons. The molecule has 1 aromatic heterocycles. The lowest BCUT2D eigenvalue weighted by Crippen LogP contribution is -2.09. The molecule has 6 heteroatoms. The molecule has 0 amide bonds. The Morgan fingerprint density at radius 2 is 2.47 bits per heavy atom. The minimum Gasteiger partial charge on any atom is -0.384 e. The number of aromatic nitrogens is 2. The normalized spacial score (nSPS) is 19.7. The van der Waals surface area contributed by atoms with Crippen LogP contribution in [0.4, 0.5) is 5.82 Å². The Kier molecular flexibility index (Phi) is 4.58. The highest BCUT2D eigenvalue weighted by Crippen LogP contribution is 2.23. The lowest BCUT2D eigenvalue weighted by molar-refractivity contribution is 0.129. The van der Waals surface area contributed by atoms with Gasteiger partial charge in [0.1, 0.15) is 17.5 Å². The third-order valence-electron chi connectivity index (χ3n) is 2.48. The van der Waals surface area contributed by atoms with E-state index >= 15 is 0 Å². The van der Waals surface area contributed by atoms with Gasteiger partial charge in [0.15, 0.2) is 5.82 Å². The predicted molar refractivity (Wildman–Crippen MR) is 66.9 cm³/mol. The molecular weight excluding hydrogens is 238 g/mol. The number of nitrogens with two attached hydrogens (primary N) is 1. The average molecular weight is 255 g/mol. The van der Waals surface area contributed by atoms with Crippen molar-refractivity contribution in [2.24, 2.45) is 0 Å². The summed E-state index contributed by atoms with van der Waals surface area (Å²) in [6.07, 6.45) is 2.65. The molecule has 17 heavy (non-hydrogen) atoms. The number of thioether (sulfide) groups is 1. The van der Waals surface area contributed by atoms with E-state index in [1.807, 2.05) is 0 Å². The monoisotopic (exact) mass is 255 g/mol. The largest absolute Gasteiger partial charge is 0.384 e. The Bertz CT molecular complexity index is 370. The molecule has 1 aliphatic rings. The Morgan fingerprint density at radius 3 is 3.18 bits per heavy atom. The van der Waals surface area contributed by atoms with Crippen molar-refractivity contribution < 1.29 is 9.47 Å². The van der Waals surface area contributed by atoms with E-state index in [0.29, 0.717) is 24.4 Å². The van der Waals surface area contributed by atoms with Gasteiger partial charge in [-0.25, -0.2) is 9.97 Å². The van der Waals surface area contributed by atoms with Gasteiger partial charge >= 0.3 is 0 Å². The first-order valence-electron chi connectivity index (χ1n) is 5.64. The number of nitrogens with zero attached hydrogens (tertiary/aromatic N) is 2. The van der Waals surface area contributed by atoms with Crippen LogP contribution in [0.2, 0.25) is 0 Å². The van der Waals surface area contributed by atoms with Crippen molar-refractivity contribution in [2.45, 2.75) is 30.6 Å². The number of rotatable bonds is 5. The molecule has 1 aliphatic heterocycles. The van der Waals surface area contributed by atoms with Crippen LogP contribution in [0.15, 0.2) is 11.1 Å². The fourth-order valence-electron chi connectivity index (χ4n) is 1.71. The van der Waals surface area contributed by atoms with Crippen LogP contribution >= 0.6 is 11.8 Å². The topological polar surface area (TPSA) is 70.3 Å². The minimum atomic E-state index is 0.349. The van der Waals surface area contributed by atoms with Crippen LogP contribution in [-0.2, 0) is 16.1 Å². The molecule has 2 heterocycles. The molecule has 0 aliphatic carbocycles. The average Bonchev–Trinajstić information content (AvgIpc) is 2.79. The quantitative estimate of drug-likeness (QED) is 0.634. The maximum atomic E-state index is 5.72. The molecule has 0 bridgehead atoms. The summed E-state index contributed by atoms with van der Waals surface area (Å²) >= 11 is 1.66. The molecule has 0 aromatic carbocycles. The van der Waals surface area contributed by atoms with Crippen LogP contribution in [-0.4, -0.2) is 35.5 Å². The molecule has 2 N–H and O–H groups in total. The van der Waals surface area contributed by atoms with E-state index in [1.54, 1.807) is 24.9 Å². The van der Waals surface area contributed by atoms with Crippen LogP contribution < -0.4 is 5.73 Å². The first kappa shape index (κ1) is 12.6. The smallest absolute Gasteiger partial charge is 0.157 e. The molecule has 1 saturated heterocycles. The molecular formula is C11H17N3O2S. The maximum Gasteiger partial charge on any atom is 0.157 e. The molecule has 1 atom stereocenters. The van der Waals surface area contributed by atoms with E-state index in [9.17, 15) is 0 Å². The fraction of sp³-hybridized carbons (Fsp3) is 0.636. The van der Waals surface area contributed by atoms with Gasteiger partial charge in [0.2, 0.25) is 0 Å². The van der Waals surface area contributed by atoms with Crippen LogP contribution in [0.5, 0.6) is 0 Å². The molecule has 0 saturated carbocycles. The number of hydrogen-bond acceptors (Lipinski definition) is 6. The zero-order valence-corrected chi connectivity index (χ0v) is 10.7. The second-order valence-corrected chi connectivity index (χ2v) is 4.97. The predicted octanol–water partition coefficient (Wildman–Crippen LogP) is 1.48. The first-order chi connectivity index (χ1) is 8.28. The van der Waals surface area contributed by atoms with Crippen LogP contribution in [0, 0.1) is 0 Å². The number of methoxy groups -OCH3 is 1. The van der Waals surface area contributed by atoms with E-state index in [-0.39, 0.29) is 0 Å². The molecule has 0 spiro atoms. The van der Waals surface area contributed by atoms with Gasteiger partial charge in [0.25, 0.3) is 0 Å². The summed E-state index contributed by atoms with van der Waals surface area (Å²) in [5, 5.41) is 0.889. The van der Waals surface area contributed by atoms with Gasteiger partial charge in [-0.15, -0.1) is 11.8 Å². The van der Waals surface area contributed by atoms with Crippen molar-refractivity contribution in [3.05, 3.63) is 11.9 Å². The third kappa shape index (κ3) is 3.83. The van der Waals surface area contributed by atoms with E-state index in [0.717, 1.165) is 30.2 Å². The van der Waals surface area contributed by atoms with Crippen LogP contribution in [0.25, 0.3) is 0 Å². The Labute approximate surface area is 105 Å². The number of anilines is 1. The van der Waals surface area contributed by atoms with Gasteiger partial charge in [-0.2, -0.15) is 0 Å². The highest BCUT2D eigenvalue weighted by atomic mass is 32.2. The lowest BCUT2D eigenvalue weighted by Gasteiger charge is -2.09. The fourth-order valence-corrected chi connectivity index (χ4v) is 2.71. The van der Waals surface area contributed by atoms with E-state index in [1.165, 1.54) is 0 Å². The maximum absolute atomic E-state index is 5.72. The van der Waals surface area contributed by atoms with Gasteiger partial charge in [-0.05, 0) is 12.8 Å². The number of hydrogen-bond donors (Lipinski definition) is 1. The van der Waals surface area contributed by atoms with Crippen molar-refractivity contribution in [1.29, 1.82) is 0 Å².